The van der Waals surface area contributed by atoms with Crippen molar-refractivity contribution in [3.05, 3.63) is 64.8 Å². The van der Waals surface area contributed by atoms with Crippen molar-refractivity contribution in [2.45, 2.75) is 38.1 Å². The quantitative estimate of drug-likeness (QED) is 0.454. The molecule has 1 aromatic carbocycles. The number of benzene rings is 1. The fraction of sp³-hybridized carbons (Fsp3) is 0.286. The average molecular weight is 390 g/mol. The van der Waals surface area contributed by atoms with Gasteiger partial charge in [0.2, 0.25) is 5.95 Å². The lowest BCUT2D eigenvalue weighted by atomic mass is 9.96. The molecule has 8 nitrogen and oxygen atoms in total. The molecule has 4 rings (SSSR count). The van der Waals surface area contributed by atoms with E-state index in [0.29, 0.717) is 29.2 Å². The molecule has 1 aliphatic carbocycles. The summed E-state index contributed by atoms with van der Waals surface area (Å²) in [5.41, 5.74) is 2.23. The molecule has 2 aromatic heterocycles. The first-order chi connectivity index (χ1) is 14.2. The number of pyridine rings is 1. The number of nitro groups is 1. The lowest BCUT2D eigenvalue weighted by Gasteiger charge is -2.23. The van der Waals surface area contributed by atoms with E-state index in [0.717, 1.165) is 18.5 Å². The maximum absolute atomic E-state index is 10.9. The summed E-state index contributed by atoms with van der Waals surface area (Å²) in [6.45, 7) is 0. The van der Waals surface area contributed by atoms with Crippen molar-refractivity contribution in [3.63, 3.8) is 0 Å². The number of aromatic nitrogens is 3. The van der Waals surface area contributed by atoms with E-state index < -0.39 is 4.92 Å². The second-order valence-corrected chi connectivity index (χ2v) is 7.09. The normalized spacial score (nSPS) is 14.3. The van der Waals surface area contributed by atoms with Gasteiger partial charge in [-0.15, -0.1) is 0 Å². The Balaban J connectivity index is 1.62. The zero-order valence-corrected chi connectivity index (χ0v) is 15.9. The maximum atomic E-state index is 10.9. The number of nitro benzene ring substituents is 1. The smallest absolute Gasteiger partial charge is 0.269 e. The van der Waals surface area contributed by atoms with Crippen LogP contribution in [0.25, 0.3) is 11.4 Å². The van der Waals surface area contributed by atoms with Crippen LogP contribution in [0.15, 0.2) is 54.7 Å². The van der Waals surface area contributed by atoms with E-state index in [9.17, 15) is 10.1 Å². The number of hydrogen-bond acceptors (Lipinski definition) is 7. The van der Waals surface area contributed by atoms with Crippen LogP contribution in [0.1, 0.15) is 32.1 Å². The van der Waals surface area contributed by atoms with Crippen molar-refractivity contribution in [1.82, 2.24) is 15.0 Å². The van der Waals surface area contributed by atoms with E-state index in [1.807, 2.05) is 24.3 Å². The first kappa shape index (κ1) is 18.8. The van der Waals surface area contributed by atoms with Crippen LogP contribution in [0, 0.1) is 10.1 Å². The molecule has 0 aliphatic heterocycles. The topological polar surface area (TPSA) is 106 Å². The van der Waals surface area contributed by atoms with Crippen molar-refractivity contribution in [2.24, 2.45) is 0 Å². The molecule has 2 N–H and O–H groups in total. The van der Waals surface area contributed by atoms with Gasteiger partial charge in [0.25, 0.3) is 5.69 Å². The van der Waals surface area contributed by atoms with Gasteiger partial charge in [-0.25, -0.2) is 4.98 Å². The highest BCUT2D eigenvalue weighted by Gasteiger charge is 2.16. The van der Waals surface area contributed by atoms with Crippen LogP contribution in [0.3, 0.4) is 0 Å². The summed E-state index contributed by atoms with van der Waals surface area (Å²) in [6, 6.07) is 14.1. The molecule has 0 radical (unpaired) electrons. The molecule has 0 spiro atoms. The molecule has 148 valence electrons. The Bertz CT molecular complexity index is 972. The van der Waals surface area contributed by atoms with Crippen LogP contribution in [0.2, 0.25) is 0 Å². The van der Waals surface area contributed by atoms with E-state index in [1.54, 1.807) is 18.3 Å². The van der Waals surface area contributed by atoms with Gasteiger partial charge >= 0.3 is 0 Å². The zero-order chi connectivity index (χ0) is 20.1. The van der Waals surface area contributed by atoms with Gasteiger partial charge in [0.05, 0.1) is 16.3 Å². The lowest BCUT2D eigenvalue weighted by Crippen LogP contribution is -2.23. The number of hydrogen-bond donors (Lipinski definition) is 2. The van der Waals surface area contributed by atoms with Gasteiger partial charge in [-0.2, -0.15) is 4.98 Å². The molecule has 0 atom stereocenters. The average Bonchev–Trinajstić information content (AvgIpc) is 2.75. The van der Waals surface area contributed by atoms with Crippen LogP contribution in [0.5, 0.6) is 0 Å². The number of non-ortho nitro benzene ring substituents is 1. The van der Waals surface area contributed by atoms with Crippen molar-refractivity contribution in [2.75, 3.05) is 10.6 Å². The Morgan fingerprint density at radius 2 is 1.76 bits per heavy atom. The Hall–Kier alpha value is -3.55. The third kappa shape index (κ3) is 4.84. The molecule has 0 amide bonds. The number of anilines is 3. The second-order valence-electron chi connectivity index (χ2n) is 7.09. The van der Waals surface area contributed by atoms with Gasteiger partial charge in [-0.1, -0.05) is 25.3 Å². The summed E-state index contributed by atoms with van der Waals surface area (Å²) in [4.78, 5) is 24.1. The third-order valence-electron chi connectivity index (χ3n) is 4.94. The van der Waals surface area contributed by atoms with Crippen LogP contribution >= 0.6 is 0 Å². The summed E-state index contributed by atoms with van der Waals surface area (Å²) < 4.78 is 0. The summed E-state index contributed by atoms with van der Waals surface area (Å²) in [5.74, 6) is 1.16. The van der Waals surface area contributed by atoms with Crippen molar-refractivity contribution in [1.29, 1.82) is 0 Å². The number of nitrogens with zero attached hydrogens (tertiary/aromatic N) is 4. The highest BCUT2D eigenvalue weighted by Crippen LogP contribution is 2.26. The second kappa shape index (κ2) is 8.64. The minimum absolute atomic E-state index is 0.0482. The first-order valence-corrected chi connectivity index (χ1v) is 9.76. The van der Waals surface area contributed by atoms with Crippen LogP contribution in [0.4, 0.5) is 23.1 Å². The maximum Gasteiger partial charge on any atom is 0.269 e. The Morgan fingerprint density at radius 1 is 0.966 bits per heavy atom. The highest BCUT2D eigenvalue weighted by atomic mass is 16.6. The van der Waals surface area contributed by atoms with E-state index in [1.165, 1.54) is 31.4 Å². The largest absolute Gasteiger partial charge is 0.351 e. The molecule has 0 unspecified atom stereocenters. The summed E-state index contributed by atoms with van der Waals surface area (Å²) in [7, 11) is 0. The number of nitrogens with one attached hydrogen (secondary N) is 2. The Kier molecular flexibility index (Phi) is 5.60. The highest BCUT2D eigenvalue weighted by molar-refractivity contribution is 5.65. The predicted octanol–water partition coefficient (Wildman–Crippen LogP) is 4.94. The van der Waals surface area contributed by atoms with Crippen molar-refractivity contribution >= 4 is 23.1 Å². The predicted molar refractivity (Wildman–Crippen MR) is 112 cm³/mol. The van der Waals surface area contributed by atoms with Gasteiger partial charge in [-0.3, -0.25) is 15.1 Å². The monoisotopic (exact) mass is 390 g/mol. The van der Waals surface area contributed by atoms with Crippen LogP contribution in [-0.2, 0) is 0 Å². The summed E-state index contributed by atoms with van der Waals surface area (Å²) in [6.07, 6.45) is 7.66. The van der Waals surface area contributed by atoms with Gasteiger partial charge < -0.3 is 10.6 Å². The van der Waals surface area contributed by atoms with Crippen LogP contribution < -0.4 is 10.6 Å². The molecule has 2 heterocycles. The molecule has 0 bridgehead atoms. The molecular formula is C21H22N6O2. The fourth-order valence-corrected chi connectivity index (χ4v) is 3.47. The minimum atomic E-state index is -0.417. The summed E-state index contributed by atoms with van der Waals surface area (Å²) >= 11 is 0. The SMILES string of the molecule is O=[N+]([O-])c1ccc(Nc2cc(-c3ccccn3)nc(NC3CCCCC3)n2)cc1. The first-order valence-electron chi connectivity index (χ1n) is 9.76. The van der Waals surface area contributed by atoms with Gasteiger partial charge in [0, 0.05) is 36.1 Å². The molecule has 1 fully saturated rings. The van der Waals surface area contributed by atoms with E-state index in [4.69, 9.17) is 0 Å². The zero-order valence-electron chi connectivity index (χ0n) is 15.9. The minimum Gasteiger partial charge on any atom is -0.351 e. The number of rotatable bonds is 6. The van der Waals surface area contributed by atoms with Crippen molar-refractivity contribution < 1.29 is 4.92 Å². The fourth-order valence-electron chi connectivity index (χ4n) is 3.47. The Morgan fingerprint density at radius 3 is 2.45 bits per heavy atom. The van der Waals surface area contributed by atoms with E-state index in [2.05, 4.69) is 25.6 Å². The van der Waals surface area contributed by atoms with Crippen molar-refractivity contribution in [3.8, 4) is 11.4 Å². The molecule has 29 heavy (non-hydrogen) atoms. The summed E-state index contributed by atoms with van der Waals surface area (Å²) in [5, 5.41) is 17.5. The molecule has 0 saturated heterocycles. The van der Waals surface area contributed by atoms with E-state index >= 15 is 0 Å². The Labute approximate surface area is 168 Å². The molecule has 1 saturated carbocycles. The van der Waals surface area contributed by atoms with Gasteiger partial charge in [0.1, 0.15) is 5.82 Å². The third-order valence-corrected chi connectivity index (χ3v) is 4.94. The molecule has 3 aromatic rings. The van der Waals surface area contributed by atoms with Gasteiger partial charge in [-0.05, 0) is 37.1 Å². The lowest BCUT2D eigenvalue weighted by molar-refractivity contribution is -0.384. The van der Waals surface area contributed by atoms with Crippen LogP contribution in [-0.4, -0.2) is 25.9 Å². The molecular weight excluding hydrogens is 368 g/mol. The van der Waals surface area contributed by atoms with Gasteiger partial charge in [0.15, 0.2) is 0 Å². The standard InChI is InChI=1S/C21H22N6O2/c28-27(29)17-11-9-16(10-12-17)23-20-14-19(18-8-4-5-13-22-18)25-21(26-20)24-15-6-2-1-3-7-15/h4-5,8-15H,1-3,6-7H2,(H2,23,24,25,26). The molecule has 1 aliphatic rings. The molecule has 8 heteroatoms. The van der Waals surface area contributed by atoms with E-state index in [-0.39, 0.29) is 5.69 Å².